The number of hydrogen-bond acceptors (Lipinski definition) is 7. The van der Waals surface area contributed by atoms with Crippen LogP contribution in [0, 0.1) is 0 Å². The van der Waals surface area contributed by atoms with E-state index >= 15 is 0 Å². The summed E-state index contributed by atoms with van der Waals surface area (Å²) in [5.74, 6) is -0.863. The summed E-state index contributed by atoms with van der Waals surface area (Å²) in [5, 5.41) is 0. The number of carbonyl (C=O) groups is 2. The molecule has 70 heavy (non-hydrogen) atoms. The molecule has 1 N–H and O–H groups in total. The lowest BCUT2D eigenvalue weighted by Gasteiger charge is -2.24. The molecule has 0 aliphatic heterocycles. The number of phosphoric ester groups is 1. The molecular formula is C60H101NO8P+. The third kappa shape index (κ3) is 53.8. The Morgan fingerprint density at radius 3 is 1.24 bits per heavy atom. The SMILES string of the molecule is CC/C=C\C/C=C\C/C=C\C/C=C\C/C=C\C/C=C\C/C=C\C/C=C\CCCCC(=O)OC(COC(=O)CCCCCCCCCCC/C=C\C/C=C\CCCCC)COP(=O)(O)OCC[N+](C)(C)C. The Balaban J connectivity index is 4.36. The molecule has 9 nitrogen and oxygen atoms in total. The predicted octanol–water partition coefficient (Wildman–Crippen LogP) is 16.8. The van der Waals surface area contributed by atoms with Gasteiger partial charge in [0.05, 0.1) is 27.7 Å². The molecule has 398 valence electrons. The highest BCUT2D eigenvalue weighted by Crippen LogP contribution is 2.43. The third-order valence-electron chi connectivity index (χ3n) is 11.0. The van der Waals surface area contributed by atoms with Gasteiger partial charge in [0.15, 0.2) is 6.10 Å². The molecule has 0 aliphatic carbocycles. The first-order valence-electron chi connectivity index (χ1n) is 27.3. The Bertz CT molecular complexity index is 1590. The number of hydrogen-bond donors (Lipinski definition) is 1. The van der Waals surface area contributed by atoms with Gasteiger partial charge in [-0.05, 0) is 109 Å². The van der Waals surface area contributed by atoms with Gasteiger partial charge in [-0.2, -0.15) is 0 Å². The molecular weight excluding hydrogens is 894 g/mol. The number of nitrogens with zero attached hydrogens (tertiary/aromatic N) is 1. The Morgan fingerprint density at radius 2 is 0.814 bits per heavy atom. The van der Waals surface area contributed by atoms with Gasteiger partial charge in [-0.15, -0.1) is 0 Å². The van der Waals surface area contributed by atoms with Crippen LogP contribution in [-0.4, -0.2) is 74.9 Å². The number of allylic oxidation sites excluding steroid dienone is 20. The van der Waals surface area contributed by atoms with Gasteiger partial charge >= 0.3 is 19.8 Å². The van der Waals surface area contributed by atoms with Crippen molar-refractivity contribution in [2.45, 2.75) is 200 Å². The maximum atomic E-state index is 12.8. The van der Waals surface area contributed by atoms with Crippen LogP contribution in [0.4, 0.5) is 0 Å². The average molecular weight is 995 g/mol. The molecule has 0 fully saturated rings. The molecule has 0 aromatic carbocycles. The van der Waals surface area contributed by atoms with Gasteiger partial charge in [0, 0.05) is 12.8 Å². The number of phosphoric acid groups is 1. The minimum Gasteiger partial charge on any atom is -0.462 e. The van der Waals surface area contributed by atoms with Gasteiger partial charge in [-0.3, -0.25) is 18.6 Å². The van der Waals surface area contributed by atoms with Crippen LogP contribution in [0.2, 0.25) is 0 Å². The number of ether oxygens (including phenoxy) is 2. The molecule has 0 spiro atoms. The fourth-order valence-corrected chi connectivity index (χ4v) is 7.51. The van der Waals surface area contributed by atoms with Crippen molar-refractivity contribution in [1.82, 2.24) is 0 Å². The van der Waals surface area contributed by atoms with Crippen LogP contribution in [0.5, 0.6) is 0 Å². The highest BCUT2D eigenvalue weighted by atomic mass is 31.2. The summed E-state index contributed by atoms with van der Waals surface area (Å²) in [6.07, 6.45) is 71.1. The minimum absolute atomic E-state index is 0.0152. The van der Waals surface area contributed by atoms with Crippen molar-refractivity contribution in [2.24, 2.45) is 0 Å². The van der Waals surface area contributed by atoms with Crippen LogP contribution in [0.25, 0.3) is 0 Å². The van der Waals surface area contributed by atoms with Crippen molar-refractivity contribution in [1.29, 1.82) is 0 Å². The van der Waals surface area contributed by atoms with E-state index in [1.807, 2.05) is 21.1 Å². The molecule has 0 saturated carbocycles. The molecule has 2 unspecified atom stereocenters. The molecule has 0 heterocycles. The van der Waals surface area contributed by atoms with Crippen molar-refractivity contribution in [3.8, 4) is 0 Å². The smallest absolute Gasteiger partial charge is 0.462 e. The van der Waals surface area contributed by atoms with E-state index in [4.69, 9.17) is 18.5 Å². The fourth-order valence-electron chi connectivity index (χ4n) is 6.76. The summed E-state index contributed by atoms with van der Waals surface area (Å²) in [5.41, 5.74) is 0. The van der Waals surface area contributed by atoms with E-state index in [0.29, 0.717) is 17.4 Å². The second-order valence-corrected chi connectivity index (χ2v) is 20.3. The predicted molar refractivity (Wildman–Crippen MR) is 297 cm³/mol. The van der Waals surface area contributed by atoms with E-state index in [1.54, 1.807) is 0 Å². The van der Waals surface area contributed by atoms with E-state index < -0.39 is 26.5 Å². The maximum absolute atomic E-state index is 12.8. The van der Waals surface area contributed by atoms with Crippen LogP contribution in [0.15, 0.2) is 122 Å². The van der Waals surface area contributed by atoms with Crippen molar-refractivity contribution in [2.75, 3.05) is 47.5 Å². The zero-order valence-corrected chi connectivity index (χ0v) is 45.8. The Morgan fingerprint density at radius 1 is 0.457 bits per heavy atom. The van der Waals surface area contributed by atoms with Crippen molar-refractivity contribution >= 4 is 19.8 Å². The molecule has 0 aliphatic rings. The standard InChI is InChI=1S/C60H100NO8P/c1-6-8-10-12-14-16-18-20-22-24-26-27-28-29-30-31-32-33-35-37-39-41-43-45-47-49-51-53-60(63)69-58(57-68-70(64,65)67-55-54-61(3,4)5)56-66-59(62)52-50-48-46-44-42-40-38-36-34-25-23-21-19-17-15-13-11-9-7-2/h8,10,14-17,20-23,26-27,29-30,32-33,37,39,43,45,58H,6-7,9,11-13,18-19,24-25,28,31,34-36,38,40-42,44,46-57H2,1-5H3/p+1/b10-8-,16-14-,17-15-,22-20-,23-21-,27-26-,30-29-,33-32-,39-37-,45-43-. The van der Waals surface area contributed by atoms with Gasteiger partial charge in [0.2, 0.25) is 0 Å². The van der Waals surface area contributed by atoms with Crippen molar-refractivity contribution in [3.05, 3.63) is 122 Å². The number of esters is 2. The highest BCUT2D eigenvalue weighted by molar-refractivity contribution is 7.47. The third-order valence-corrected chi connectivity index (χ3v) is 12.0. The average Bonchev–Trinajstić information content (AvgIpc) is 3.32. The lowest BCUT2D eigenvalue weighted by molar-refractivity contribution is -0.870. The summed E-state index contributed by atoms with van der Waals surface area (Å²) < 4.78 is 34.4. The van der Waals surface area contributed by atoms with Gasteiger partial charge < -0.3 is 18.9 Å². The quantitative estimate of drug-likeness (QED) is 0.0211. The van der Waals surface area contributed by atoms with Crippen LogP contribution in [0.1, 0.15) is 194 Å². The largest absolute Gasteiger partial charge is 0.472 e. The van der Waals surface area contributed by atoms with E-state index in [2.05, 4.69) is 135 Å². The van der Waals surface area contributed by atoms with Crippen molar-refractivity contribution < 1.29 is 42.1 Å². The first kappa shape index (κ1) is 66.4. The van der Waals surface area contributed by atoms with E-state index in [-0.39, 0.29) is 32.0 Å². The number of likely N-dealkylation sites (N-methyl/N-ethyl adjacent to an activating group) is 1. The molecule has 0 aromatic heterocycles. The lowest BCUT2D eigenvalue weighted by atomic mass is 10.1. The molecule has 0 bridgehead atoms. The van der Waals surface area contributed by atoms with E-state index in [1.165, 1.54) is 57.8 Å². The maximum Gasteiger partial charge on any atom is 0.472 e. The first-order valence-corrected chi connectivity index (χ1v) is 28.8. The van der Waals surface area contributed by atoms with Gasteiger partial charge in [0.25, 0.3) is 0 Å². The number of unbranched alkanes of at least 4 members (excludes halogenated alkanes) is 14. The molecule has 0 radical (unpaired) electrons. The van der Waals surface area contributed by atoms with Crippen LogP contribution >= 0.6 is 7.82 Å². The fraction of sp³-hybridized carbons (Fsp3) is 0.633. The Kier molecular flexibility index (Phi) is 47.8. The highest BCUT2D eigenvalue weighted by Gasteiger charge is 2.27. The van der Waals surface area contributed by atoms with E-state index in [0.717, 1.165) is 103 Å². The monoisotopic (exact) mass is 995 g/mol. The lowest BCUT2D eigenvalue weighted by Crippen LogP contribution is -2.37. The number of carbonyl (C=O) groups excluding carboxylic acids is 2. The molecule has 0 saturated heterocycles. The minimum atomic E-state index is -4.41. The Labute approximate surface area is 428 Å². The van der Waals surface area contributed by atoms with Gasteiger partial charge in [-0.25, -0.2) is 4.57 Å². The van der Waals surface area contributed by atoms with Crippen LogP contribution in [0.3, 0.4) is 0 Å². The second-order valence-electron chi connectivity index (χ2n) is 18.9. The normalized spacial score (nSPS) is 14.3. The first-order chi connectivity index (χ1) is 34.0. The molecule has 0 aromatic rings. The van der Waals surface area contributed by atoms with Gasteiger partial charge in [-0.1, -0.05) is 193 Å². The van der Waals surface area contributed by atoms with E-state index in [9.17, 15) is 19.0 Å². The van der Waals surface area contributed by atoms with Crippen LogP contribution < -0.4 is 0 Å². The summed E-state index contributed by atoms with van der Waals surface area (Å²) >= 11 is 0. The molecule has 0 amide bonds. The molecule has 10 heteroatoms. The summed E-state index contributed by atoms with van der Waals surface area (Å²) in [4.78, 5) is 35.6. The number of rotatable bonds is 48. The Hall–Kier alpha value is -3.59. The molecule has 2 atom stereocenters. The molecule has 0 rings (SSSR count). The van der Waals surface area contributed by atoms with Crippen molar-refractivity contribution in [3.63, 3.8) is 0 Å². The topological polar surface area (TPSA) is 108 Å². The zero-order valence-electron chi connectivity index (χ0n) is 45.0. The number of quaternary nitrogens is 1. The summed E-state index contributed by atoms with van der Waals surface area (Å²) in [6.45, 7) is 4.22. The second kappa shape index (κ2) is 50.4. The van der Waals surface area contributed by atoms with Gasteiger partial charge in [0.1, 0.15) is 19.8 Å². The van der Waals surface area contributed by atoms with Crippen LogP contribution in [-0.2, 0) is 32.7 Å². The summed E-state index contributed by atoms with van der Waals surface area (Å²) in [7, 11) is 1.43. The summed E-state index contributed by atoms with van der Waals surface area (Å²) in [6, 6.07) is 0. The zero-order chi connectivity index (χ0) is 51.3.